The molecular weight excluding hydrogens is 1220 g/mol. The predicted molar refractivity (Wildman–Crippen MR) is 377 cm³/mol. The summed E-state index contributed by atoms with van der Waals surface area (Å²) in [6.07, 6.45) is 55.7. The van der Waals surface area contributed by atoms with Gasteiger partial charge in [-0.15, -0.1) is 0 Å². The molecule has 19 heteroatoms. The molecule has 0 radical (unpaired) electrons. The Morgan fingerprint density at radius 1 is 0.290 bits per heavy atom. The molecule has 0 spiro atoms. The fourth-order valence-corrected chi connectivity index (χ4v) is 12.9. The molecule has 0 heterocycles. The number of carbonyl (C=O) groups excluding carboxylic acids is 4. The van der Waals surface area contributed by atoms with Crippen molar-refractivity contribution in [2.45, 2.75) is 406 Å². The molecule has 0 saturated heterocycles. The van der Waals surface area contributed by atoms with Gasteiger partial charge in [0.1, 0.15) is 19.3 Å². The second kappa shape index (κ2) is 67.3. The molecule has 0 aliphatic carbocycles. The number of unbranched alkanes of at least 4 members (excludes halogenated alkanes) is 46. The Bertz CT molecular complexity index is 1790. The van der Waals surface area contributed by atoms with E-state index in [4.69, 9.17) is 37.0 Å². The Balaban J connectivity index is 5.17. The lowest BCUT2D eigenvalue weighted by molar-refractivity contribution is -0.161. The average molecular weight is 1370 g/mol. The normalized spacial score (nSPS) is 14.0. The number of phosphoric acid groups is 2. The Hall–Kier alpha value is -1.94. The molecule has 0 fully saturated rings. The molecule has 552 valence electrons. The van der Waals surface area contributed by atoms with Gasteiger partial charge in [-0.2, -0.15) is 0 Å². The first-order valence-electron chi connectivity index (χ1n) is 38.6. The van der Waals surface area contributed by atoms with Crippen LogP contribution in [0.5, 0.6) is 0 Å². The third-order valence-electron chi connectivity index (χ3n) is 17.3. The van der Waals surface area contributed by atoms with E-state index in [0.29, 0.717) is 25.7 Å². The van der Waals surface area contributed by atoms with Crippen LogP contribution in [0.25, 0.3) is 0 Å². The number of hydrogen-bond donors (Lipinski definition) is 3. The summed E-state index contributed by atoms with van der Waals surface area (Å²) < 4.78 is 68.3. The standard InChI is InChI=1S/C74H144O17P2/c1-6-9-12-15-18-20-22-23-24-25-26-29-32-35-39-43-48-53-58-72(77)85-64-70(91-74(79)60-55-50-45-40-36-33-30-27-28-31-34-37-42-46-51-56-67(4)5)66-89-93(82,83)87-62-68(75)61-86-92(80,81)88-65-69(63-84-71(76)57-52-47-41-17-14-11-8-3)90-73(78)59-54-49-44-38-21-19-16-13-10-7-2/h67-70,75H,6-66H2,1-5H3,(H,80,81)(H,82,83)/t68-,69+,70+/m0/s1. The zero-order valence-electron chi connectivity index (χ0n) is 60.4. The van der Waals surface area contributed by atoms with Crippen LogP contribution >= 0.6 is 15.6 Å². The van der Waals surface area contributed by atoms with Gasteiger partial charge in [-0.05, 0) is 31.6 Å². The minimum absolute atomic E-state index is 0.106. The first kappa shape index (κ1) is 91.1. The van der Waals surface area contributed by atoms with E-state index in [-0.39, 0.29) is 25.7 Å². The first-order valence-corrected chi connectivity index (χ1v) is 41.6. The number of aliphatic hydroxyl groups is 1. The average Bonchev–Trinajstić information content (AvgIpc) is 3.41. The Labute approximate surface area is 568 Å². The molecule has 0 saturated carbocycles. The number of carbonyl (C=O) groups is 4. The molecule has 17 nitrogen and oxygen atoms in total. The molecule has 0 rings (SSSR count). The third kappa shape index (κ3) is 68.4. The summed E-state index contributed by atoms with van der Waals surface area (Å²) in [5.41, 5.74) is 0. The van der Waals surface area contributed by atoms with E-state index in [1.54, 1.807) is 0 Å². The van der Waals surface area contributed by atoms with Crippen molar-refractivity contribution in [1.29, 1.82) is 0 Å². The van der Waals surface area contributed by atoms with Gasteiger partial charge in [0.25, 0.3) is 0 Å². The number of aliphatic hydroxyl groups excluding tert-OH is 1. The molecule has 0 aliphatic rings. The maximum Gasteiger partial charge on any atom is 0.472 e. The summed E-state index contributed by atoms with van der Waals surface area (Å²) in [7, 11) is -9.90. The van der Waals surface area contributed by atoms with Gasteiger partial charge < -0.3 is 33.8 Å². The van der Waals surface area contributed by atoms with Crippen LogP contribution in [0.15, 0.2) is 0 Å². The highest BCUT2D eigenvalue weighted by Crippen LogP contribution is 2.45. The van der Waals surface area contributed by atoms with Crippen molar-refractivity contribution < 1.29 is 80.2 Å². The second-order valence-corrected chi connectivity index (χ2v) is 30.1. The molecule has 2 unspecified atom stereocenters. The van der Waals surface area contributed by atoms with Crippen LogP contribution in [0.2, 0.25) is 0 Å². The zero-order chi connectivity index (χ0) is 68.4. The van der Waals surface area contributed by atoms with E-state index in [9.17, 15) is 43.2 Å². The Morgan fingerprint density at radius 2 is 0.495 bits per heavy atom. The summed E-state index contributed by atoms with van der Waals surface area (Å²) >= 11 is 0. The van der Waals surface area contributed by atoms with Crippen LogP contribution in [-0.2, 0) is 65.4 Å². The molecule has 0 bridgehead atoms. The van der Waals surface area contributed by atoms with Crippen molar-refractivity contribution in [2.24, 2.45) is 5.92 Å². The van der Waals surface area contributed by atoms with Gasteiger partial charge in [-0.25, -0.2) is 9.13 Å². The highest BCUT2D eigenvalue weighted by atomic mass is 31.2. The van der Waals surface area contributed by atoms with Crippen LogP contribution in [0, 0.1) is 5.92 Å². The fraction of sp³-hybridized carbons (Fsp3) is 0.946. The molecule has 93 heavy (non-hydrogen) atoms. The van der Waals surface area contributed by atoms with Gasteiger partial charge >= 0.3 is 39.5 Å². The van der Waals surface area contributed by atoms with Crippen LogP contribution < -0.4 is 0 Å². The molecule has 3 N–H and O–H groups in total. The SMILES string of the molecule is CCCCCCCCCCCCCCCCCCCCC(=O)OC[C@H](COP(=O)(O)OC[C@@H](O)COP(=O)(O)OC[C@@H](COC(=O)CCCCCCCCC)OC(=O)CCCCCCCCCCCC)OC(=O)CCCCCCCCCCCCCCCCCC(C)C. The van der Waals surface area contributed by atoms with Gasteiger partial charge in [0.05, 0.1) is 26.4 Å². The third-order valence-corrected chi connectivity index (χ3v) is 19.2. The number of ether oxygens (including phenoxy) is 4. The highest BCUT2D eigenvalue weighted by molar-refractivity contribution is 7.47. The molecule has 0 aliphatic heterocycles. The molecule has 0 aromatic carbocycles. The predicted octanol–water partition coefficient (Wildman–Crippen LogP) is 21.7. The molecule has 5 atom stereocenters. The van der Waals surface area contributed by atoms with Crippen molar-refractivity contribution in [1.82, 2.24) is 0 Å². The summed E-state index contributed by atoms with van der Waals surface area (Å²) in [5.74, 6) is -1.32. The van der Waals surface area contributed by atoms with Crippen molar-refractivity contribution in [3.8, 4) is 0 Å². The van der Waals surface area contributed by atoms with E-state index in [1.165, 1.54) is 199 Å². The monoisotopic (exact) mass is 1370 g/mol. The number of phosphoric ester groups is 2. The number of hydrogen-bond acceptors (Lipinski definition) is 15. The zero-order valence-corrected chi connectivity index (χ0v) is 62.2. The van der Waals surface area contributed by atoms with E-state index < -0.39 is 97.5 Å². The topological polar surface area (TPSA) is 237 Å². The van der Waals surface area contributed by atoms with Crippen molar-refractivity contribution in [3.05, 3.63) is 0 Å². The van der Waals surface area contributed by atoms with Gasteiger partial charge in [0.2, 0.25) is 0 Å². The smallest absolute Gasteiger partial charge is 0.462 e. The fourth-order valence-electron chi connectivity index (χ4n) is 11.4. The van der Waals surface area contributed by atoms with Crippen molar-refractivity contribution in [3.63, 3.8) is 0 Å². The number of esters is 4. The largest absolute Gasteiger partial charge is 0.472 e. The maximum atomic E-state index is 13.1. The van der Waals surface area contributed by atoms with E-state index in [0.717, 1.165) is 109 Å². The second-order valence-electron chi connectivity index (χ2n) is 27.2. The minimum Gasteiger partial charge on any atom is -0.462 e. The van der Waals surface area contributed by atoms with Gasteiger partial charge in [-0.3, -0.25) is 37.3 Å². The van der Waals surface area contributed by atoms with Gasteiger partial charge in [0.15, 0.2) is 12.2 Å². The van der Waals surface area contributed by atoms with Crippen molar-refractivity contribution >= 4 is 39.5 Å². The molecule has 0 aromatic heterocycles. The minimum atomic E-state index is -4.95. The maximum absolute atomic E-state index is 13.1. The lowest BCUT2D eigenvalue weighted by atomic mass is 10.0. The van der Waals surface area contributed by atoms with Crippen LogP contribution in [0.3, 0.4) is 0 Å². The summed E-state index contributed by atoms with van der Waals surface area (Å²) in [5, 5.41) is 10.6. The quantitative estimate of drug-likeness (QED) is 0.0222. The Kier molecular flexibility index (Phi) is 65.9. The van der Waals surface area contributed by atoms with Crippen LogP contribution in [0.1, 0.15) is 388 Å². The highest BCUT2D eigenvalue weighted by Gasteiger charge is 2.30. The van der Waals surface area contributed by atoms with Gasteiger partial charge in [-0.1, -0.05) is 336 Å². The Morgan fingerprint density at radius 3 is 0.731 bits per heavy atom. The molecular formula is C74H144O17P2. The molecule has 0 aromatic rings. The van der Waals surface area contributed by atoms with E-state index in [1.807, 2.05) is 0 Å². The lowest BCUT2D eigenvalue weighted by Gasteiger charge is -2.21. The van der Waals surface area contributed by atoms with Crippen molar-refractivity contribution in [2.75, 3.05) is 39.6 Å². The van der Waals surface area contributed by atoms with Crippen LogP contribution in [0.4, 0.5) is 0 Å². The summed E-state index contributed by atoms with van der Waals surface area (Å²) in [6, 6.07) is 0. The summed E-state index contributed by atoms with van der Waals surface area (Å²) in [4.78, 5) is 72.5. The van der Waals surface area contributed by atoms with Crippen LogP contribution in [-0.4, -0.2) is 96.7 Å². The number of rotatable bonds is 74. The first-order chi connectivity index (χ1) is 45.0. The molecule has 0 amide bonds. The lowest BCUT2D eigenvalue weighted by Crippen LogP contribution is -2.30. The van der Waals surface area contributed by atoms with E-state index in [2.05, 4.69) is 34.6 Å². The van der Waals surface area contributed by atoms with E-state index >= 15 is 0 Å². The van der Waals surface area contributed by atoms with Gasteiger partial charge in [0, 0.05) is 25.7 Å². The summed E-state index contributed by atoms with van der Waals surface area (Å²) in [6.45, 7) is 7.25.